The van der Waals surface area contributed by atoms with Crippen LogP contribution in [0.3, 0.4) is 0 Å². The first-order valence-electron chi connectivity index (χ1n) is 9.90. The molecule has 6 heteroatoms. The molecule has 2 heterocycles. The van der Waals surface area contributed by atoms with Gasteiger partial charge in [0, 0.05) is 19.3 Å². The topological polar surface area (TPSA) is 67.3 Å². The van der Waals surface area contributed by atoms with Crippen LogP contribution in [-0.4, -0.2) is 40.8 Å². The molecule has 1 aromatic heterocycles. The first kappa shape index (κ1) is 19.9. The normalized spacial score (nSPS) is 15.1. The van der Waals surface area contributed by atoms with Crippen LogP contribution in [0.2, 0.25) is 0 Å². The lowest BCUT2D eigenvalue weighted by Gasteiger charge is -2.28. The third-order valence-electron chi connectivity index (χ3n) is 4.96. The second-order valence-corrected chi connectivity index (χ2v) is 7.23. The second kappa shape index (κ2) is 9.88. The molecule has 1 aliphatic heterocycles. The Morgan fingerprint density at radius 2 is 2.11 bits per heavy atom. The van der Waals surface area contributed by atoms with E-state index in [1.165, 1.54) is 5.57 Å². The minimum Gasteiger partial charge on any atom is -0.493 e. The lowest BCUT2D eigenvalue weighted by atomic mass is 10.0. The van der Waals surface area contributed by atoms with Crippen LogP contribution in [0.5, 0.6) is 5.75 Å². The maximum atomic E-state index is 12.3. The van der Waals surface area contributed by atoms with Crippen molar-refractivity contribution in [1.29, 1.82) is 0 Å². The van der Waals surface area contributed by atoms with E-state index in [1.54, 1.807) is 18.3 Å². The highest BCUT2D eigenvalue weighted by Crippen LogP contribution is 2.22. The van der Waals surface area contributed by atoms with Crippen LogP contribution in [-0.2, 0) is 0 Å². The Morgan fingerprint density at radius 1 is 1.29 bits per heavy atom. The van der Waals surface area contributed by atoms with E-state index in [2.05, 4.69) is 47.6 Å². The van der Waals surface area contributed by atoms with E-state index in [1.807, 2.05) is 17.0 Å². The summed E-state index contributed by atoms with van der Waals surface area (Å²) in [5.41, 5.74) is 2.50. The van der Waals surface area contributed by atoms with Crippen molar-refractivity contribution in [1.82, 2.24) is 15.1 Å². The number of nitrogens with zero attached hydrogens (tertiary/aromatic N) is 3. The number of carbonyl (C=O) groups excluding carboxylic acids is 1. The Bertz CT molecular complexity index is 797. The Balaban J connectivity index is 1.53. The van der Waals surface area contributed by atoms with Crippen molar-refractivity contribution < 1.29 is 9.53 Å². The first-order chi connectivity index (χ1) is 13.6. The van der Waals surface area contributed by atoms with Crippen molar-refractivity contribution in [3.63, 3.8) is 0 Å². The number of rotatable bonds is 6. The number of hydrogen-bond donors (Lipinski definition) is 1. The molecule has 3 rings (SSSR count). The van der Waals surface area contributed by atoms with Gasteiger partial charge in [-0.05, 0) is 48.6 Å². The summed E-state index contributed by atoms with van der Waals surface area (Å²) in [6, 6.07) is 11.6. The highest BCUT2D eigenvalue weighted by atomic mass is 16.5. The number of piperidine rings is 1. The van der Waals surface area contributed by atoms with Crippen LogP contribution >= 0.6 is 0 Å². The number of anilines is 1. The number of nitrogens with one attached hydrogen (secondary N) is 1. The largest absolute Gasteiger partial charge is 0.493 e. The molecule has 0 radical (unpaired) electrons. The van der Waals surface area contributed by atoms with E-state index in [0.29, 0.717) is 24.8 Å². The minimum absolute atomic E-state index is 0.125. The van der Waals surface area contributed by atoms with Crippen LogP contribution in [0.15, 0.2) is 48.2 Å². The summed E-state index contributed by atoms with van der Waals surface area (Å²) in [5, 5.41) is 10.5. The van der Waals surface area contributed by atoms with Gasteiger partial charge in [0.05, 0.1) is 6.61 Å². The number of hydrogen-bond acceptors (Lipinski definition) is 4. The molecular formula is C22H28N4O2. The monoisotopic (exact) mass is 380 g/mol. The Hall–Kier alpha value is -2.89. The Morgan fingerprint density at radius 3 is 2.82 bits per heavy atom. The van der Waals surface area contributed by atoms with Gasteiger partial charge in [-0.25, -0.2) is 4.79 Å². The zero-order valence-corrected chi connectivity index (χ0v) is 16.6. The number of aromatic nitrogens is 2. The quantitative estimate of drug-likeness (QED) is 0.794. The summed E-state index contributed by atoms with van der Waals surface area (Å²) >= 11 is 0. The van der Waals surface area contributed by atoms with E-state index in [4.69, 9.17) is 4.74 Å². The van der Waals surface area contributed by atoms with E-state index in [-0.39, 0.29) is 6.03 Å². The van der Waals surface area contributed by atoms with Crippen molar-refractivity contribution in [3.05, 3.63) is 53.7 Å². The van der Waals surface area contributed by atoms with Crippen molar-refractivity contribution in [2.45, 2.75) is 33.1 Å². The molecule has 148 valence electrons. The fraction of sp³-hybridized carbons (Fsp3) is 0.409. The molecule has 2 aromatic rings. The predicted octanol–water partition coefficient (Wildman–Crippen LogP) is 4.61. The average molecular weight is 380 g/mol. The SMILES string of the molecule is CCC(C)COc1cccc(C=C2CCN(C(=O)Nc3cccnn3)CC2)c1. The second-order valence-electron chi connectivity index (χ2n) is 7.23. The summed E-state index contributed by atoms with van der Waals surface area (Å²) in [5.74, 6) is 1.94. The van der Waals surface area contributed by atoms with Gasteiger partial charge in [0.25, 0.3) is 0 Å². The van der Waals surface area contributed by atoms with Crippen molar-refractivity contribution >= 4 is 17.9 Å². The average Bonchev–Trinajstić information content (AvgIpc) is 2.73. The van der Waals surface area contributed by atoms with E-state index in [9.17, 15) is 4.79 Å². The zero-order chi connectivity index (χ0) is 19.8. The fourth-order valence-corrected chi connectivity index (χ4v) is 2.98. The van der Waals surface area contributed by atoms with Gasteiger partial charge in [0.15, 0.2) is 5.82 Å². The molecule has 1 saturated heterocycles. The number of ether oxygens (including phenoxy) is 1. The fourth-order valence-electron chi connectivity index (χ4n) is 2.98. The summed E-state index contributed by atoms with van der Waals surface area (Å²) in [4.78, 5) is 14.2. The Labute approximate surface area is 166 Å². The Kier molecular flexibility index (Phi) is 7.00. The molecule has 6 nitrogen and oxygen atoms in total. The minimum atomic E-state index is -0.125. The van der Waals surface area contributed by atoms with E-state index in [0.717, 1.165) is 37.2 Å². The third-order valence-corrected chi connectivity index (χ3v) is 4.96. The smallest absolute Gasteiger partial charge is 0.323 e. The molecule has 1 N–H and O–H groups in total. The highest BCUT2D eigenvalue weighted by molar-refractivity contribution is 5.88. The van der Waals surface area contributed by atoms with Gasteiger partial charge in [-0.15, -0.1) is 5.10 Å². The standard InChI is InChI=1S/C22H28N4O2/c1-3-17(2)16-28-20-7-4-6-19(15-20)14-18-9-12-26(13-10-18)22(27)24-21-8-5-11-23-25-21/h4-8,11,14-15,17H,3,9-10,12-13,16H2,1-2H3,(H,24,25,27). The van der Waals surface area contributed by atoms with Crippen molar-refractivity contribution in [3.8, 4) is 5.75 Å². The molecule has 0 spiro atoms. The summed E-state index contributed by atoms with van der Waals surface area (Å²) in [6.45, 7) is 6.51. The number of urea groups is 1. The maximum absolute atomic E-state index is 12.3. The molecule has 0 saturated carbocycles. The molecule has 2 amide bonds. The van der Waals surface area contributed by atoms with Crippen molar-refractivity contribution in [2.24, 2.45) is 5.92 Å². The molecule has 1 aliphatic rings. The van der Waals surface area contributed by atoms with Crippen LogP contribution in [0.25, 0.3) is 6.08 Å². The van der Waals surface area contributed by atoms with Gasteiger partial charge >= 0.3 is 6.03 Å². The van der Waals surface area contributed by atoms with Gasteiger partial charge in [-0.2, -0.15) is 5.10 Å². The van der Waals surface area contributed by atoms with Gasteiger partial charge < -0.3 is 9.64 Å². The molecule has 1 atom stereocenters. The molecule has 0 aliphatic carbocycles. The maximum Gasteiger partial charge on any atom is 0.323 e. The first-order valence-corrected chi connectivity index (χ1v) is 9.90. The van der Waals surface area contributed by atoms with Gasteiger partial charge in [0.2, 0.25) is 0 Å². The van der Waals surface area contributed by atoms with Crippen LogP contribution in [0.4, 0.5) is 10.6 Å². The number of likely N-dealkylation sites (tertiary alicyclic amines) is 1. The molecule has 1 unspecified atom stereocenters. The number of carbonyl (C=O) groups is 1. The predicted molar refractivity (Wildman–Crippen MR) is 111 cm³/mol. The highest BCUT2D eigenvalue weighted by Gasteiger charge is 2.19. The van der Waals surface area contributed by atoms with Crippen LogP contribution < -0.4 is 10.1 Å². The van der Waals surface area contributed by atoms with Crippen LogP contribution in [0, 0.1) is 5.92 Å². The number of amides is 2. The molecule has 0 bridgehead atoms. The lowest BCUT2D eigenvalue weighted by molar-refractivity contribution is 0.207. The molecule has 1 aromatic carbocycles. The van der Waals surface area contributed by atoms with Gasteiger partial charge in [0.1, 0.15) is 5.75 Å². The summed E-state index contributed by atoms with van der Waals surface area (Å²) < 4.78 is 5.89. The zero-order valence-electron chi connectivity index (χ0n) is 16.6. The lowest BCUT2D eigenvalue weighted by Crippen LogP contribution is -2.39. The van der Waals surface area contributed by atoms with E-state index >= 15 is 0 Å². The number of benzene rings is 1. The van der Waals surface area contributed by atoms with Gasteiger partial charge in [-0.3, -0.25) is 5.32 Å². The molecule has 1 fully saturated rings. The third kappa shape index (κ3) is 5.81. The molecular weight excluding hydrogens is 352 g/mol. The van der Waals surface area contributed by atoms with Crippen LogP contribution in [0.1, 0.15) is 38.7 Å². The molecule has 28 heavy (non-hydrogen) atoms. The van der Waals surface area contributed by atoms with Gasteiger partial charge in [-0.1, -0.05) is 44.1 Å². The van der Waals surface area contributed by atoms with E-state index < -0.39 is 0 Å². The summed E-state index contributed by atoms with van der Waals surface area (Å²) in [6.07, 6.45) is 6.65. The summed E-state index contributed by atoms with van der Waals surface area (Å²) in [7, 11) is 0. The van der Waals surface area contributed by atoms with Crippen molar-refractivity contribution in [2.75, 3.05) is 25.0 Å².